The Morgan fingerprint density at radius 1 is 1.17 bits per heavy atom. The lowest BCUT2D eigenvalue weighted by Crippen LogP contribution is -2.34. The van der Waals surface area contributed by atoms with Gasteiger partial charge in [-0.1, -0.05) is 18.2 Å². The molecule has 0 saturated carbocycles. The van der Waals surface area contributed by atoms with E-state index in [-0.39, 0.29) is 5.91 Å². The van der Waals surface area contributed by atoms with Crippen LogP contribution < -0.4 is 0 Å². The molecule has 1 fully saturated rings. The summed E-state index contributed by atoms with van der Waals surface area (Å²) in [5, 5.41) is 1.96. The molecule has 0 aliphatic carbocycles. The molecular weight excluding hydrogens is 306 g/mol. The van der Waals surface area contributed by atoms with Gasteiger partial charge in [-0.15, -0.1) is 11.3 Å². The fourth-order valence-electron chi connectivity index (χ4n) is 2.73. The van der Waals surface area contributed by atoms with Crippen molar-refractivity contribution >= 4 is 23.3 Å². The quantitative estimate of drug-likeness (QED) is 0.866. The van der Waals surface area contributed by atoms with Crippen LogP contribution in [0.25, 0.3) is 6.08 Å². The van der Waals surface area contributed by atoms with E-state index >= 15 is 0 Å². The van der Waals surface area contributed by atoms with E-state index in [2.05, 4.69) is 22.0 Å². The number of pyridine rings is 1. The van der Waals surface area contributed by atoms with Crippen molar-refractivity contribution in [3.8, 4) is 0 Å². The highest BCUT2D eigenvalue weighted by molar-refractivity contribution is 7.12. The smallest absolute Gasteiger partial charge is 0.263 e. The zero-order valence-electron chi connectivity index (χ0n) is 13.1. The largest absolute Gasteiger partial charge is 0.337 e. The minimum atomic E-state index is 0.175. The Labute approximate surface area is 141 Å². The van der Waals surface area contributed by atoms with Gasteiger partial charge in [0.25, 0.3) is 5.91 Å². The predicted molar refractivity (Wildman–Crippen MR) is 94.6 cm³/mol. The molecule has 0 bridgehead atoms. The molecule has 1 aliphatic rings. The summed E-state index contributed by atoms with van der Waals surface area (Å²) in [7, 11) is 0. The monoisotopic (exact) mass is 327 g/mol. The van der Waals surface area contributed by atoms with Crippen molar-refractivity contribution in [1.82, 2.24) is 14.8 Å². The van der Waals surface area contributed by atoms with Crippen LogP contribution in [0.3, 0.4) is 0 Å². The lowest BCUT2D eigenvalue weighted by atomic mass is 10.2. The number of carbonyl (C=O) groups is 1. The topological polar surface area (TPSA) is 36.4 Å². The Bertz CT molecular complexity index is 640. The maximum atomic E-state index is 12.4. The van der Waals surface area contributed by atoms with Gasteiger partial charge in [-0.2, -0.15) is 0 Å². The van der Waals surface area contributed by atoms with Crippen LogP contribution in [0.4, 0.5) is 0 Å². The van der Waals surface area contributed by atoms with Gasteiger partial charge in [-0.05, 0) is 35.6 Å². The lowest BCUT2D eigenvalue weighted by molar-refractivity contribution is 0.0767. The van der Waals surface area contributed by atoms with E-state index in [9.17, 15) is 4.79 Å². The second kappa shape index (κ2) is 8.04. The Hall–Kier alpha value is -1.98. The molecule has 120 valence electrons. The molecule has 3 rings (SSSR count). The number of aromatic nitrogens is 1. The molecule has 0 atom stereocenters. The summed E-state index contributed by atoms with van der Waals surface area (Å²) in [4.78, 5) is 21.7. The molecule has 2 aromatic heterocycles. The van der Waals surface area contributed by atoms with Crippen molar-refractivity contribution < 1.29 is 4.79 Å². The van der Waals surface area contributed by atoms with Gasteiger partial charge in [0.2, 0.25) is 0 Å². The fourth-order valence-corrected chi connectivity index (χ4v) is 3.42. The fraction of sp³-hybridized carbons (Fsp3) is 0.333. The van der Waals surface area contributed by atoms with Gasteiger partial charge in [0, 0.05) is 45.1 Å². The van der Waals surface area contributed by atoms with Crippen molar-refractivity contribution in [1.29, 1.82) is 0 Å². The zero-order valence-corrected chi connectivity index (χ0v) is 13.9. The van der Waals surface area contributed by atoms with Crippen LogP contribution in [-0.2, 0) is 0 Å². The molecule has 3 heterocycles. The molecule has 0 N–H and O–H groups in total. The second-order valence-electron chi connectivity index (χ2n) is 5.61. The van der Waals surface area contributed by atoms with E-state index in [1.165, 1.54) is 16.9 Å². The molecule has 0 unspecified atom stereocenters. The Morgan fingerprint density at radius 2 is 2.04 bits per heavy atom. The highest BCUT2D eigenvalue weighted by atomic mass is 32.1. The van der Waals surface area contributed by atoms with Crippen LogP contribution in [-0.4, -0.2) is 53.4 Å². The van der Waals surface area contributed by atoms with Crippen molar-refractivity contribution in [3.63, 3.8) is 0 Å². The Balaban J connectivity index is 1.50. The maximum Gasteiger partial charge on any atom is 0.263 e. The van der Waals surface area contributed by atoms with E-state index in [1.54, 1.807) is 12.4 Å². The number of thiophene rings is 1. The first-order valence-electron chi connectivity index (χ1n) is 7.94. The number of rotatable bonds is 4. The van der Waals surface area contributed by atoms with Gasteiger partial charge >= 0.3 is 0 Å². The molecule has 1 aliphatic heterocycles. The molecule has 4 nitrogen and oxygen atoms in total. The number of hydrogen-bond acceptors (Lipinski definition) is 4. The number of hydrogen-bond donors (Lipinski definition) is 0. The van der Waals surface area contributed by atoms with Crippen LogP contribution >= 0.6 is 11.3 Å². The molecule has 0 spiro atoms. The molecule has 0 radical (unpaired) electrons. The first kappa shape index (κ1) is 15.9. The highest BCUT2D eigenvalue weighted by Gasteiger charge is 2.20. The lowest BCUT2D eigenvalue weighted by Gasteiger charge is -2.20. The molecular formula is C18H21N3OS. The van der Waals surface area contributed by atoms with Crippen LogP contribution in [0, 0.1) is 0 Å². The summed E-state index contributed by atoms with van der Waals surface area (Å²) >= 11 is 1.52. The number of nitrogens with zero attached hydrogens (tertiary/aromatic N) is 3. The summed E-state index contributed by atoms with van der Waals surface area (Å²) in [6.07, 6.45) is 8.95. The normalized spacial score (nSPS) is 16.6. The summed E-state index contributed by atoms with van der Waals surface area (Å²) in [5.74, 6) is 0.175. The van der Waals surface area contributed by atoms with Crippen molar-refractivity contribution in [2.24, 2.45) is 0 Å². The third kappa shape index (κ3) is 4.50. The number of carbonyl (C=O) groups excluding carboxylic acids is 1. The third-order valence-electron chi connectivity index (χ3n) is 3.99. The second-order valence-corrected chi connectivity index (χ2v) is 6.55. The predicted octanol–water partition coefficient (Wildman–Crippen LogP) is 3.00. The molecule has 1 amide bonds. The third-order valence-corrected chi connectivity index (χ3v) is 4.85. The SMILES string of the molecule is O=C(c1cccs1)N1CCCN(C/C=C/c2ccncc2)CC1. The van der Waals surface area contributed by atoms with Crippen LogP contribution in [0.15, 0.2) is 48.1 Å². The van der Waals surface area contributed by atoms with Gasteiger partial charge in [-0.3, -0.25) is 14.7 Å². The molecule has 2 aromatic rings. The van der Waals surface area contributed by atoms with Crippen LogP contribution in [0.2, 0.25) is 0 Å². The first-order valence-corrected chi connectivity index (χ1v) is 8.82. The minimum absolute atomic E-state index is 0.175. The average Bonchev–Trinajstić information content (AvgIpc) is 3.02. The van der Waals surface area contributed by atoms with E-state index < -0.39 is 0 Å². The van der Waals surface area contributed by atoms with E-state index in [4.69, 9.17) is 0 Å². The molecule has 23 heavy (non-hydrogen) atoms. The summed E-state index contributed by atoms with van der Waals surface area (Å²) in [5.41, 5.74) is 1.17. The molecule has 1 saturated heterocycles. The van der Waals surface area contributed by atoms with Crippen molar-refractivity contribution in [3.05, 3.63) is 58.6 Å². The standard InChI is InChI=1S/C18H21N3OS/c22-18(17-5-2-15-23-17)21-12-3-11-20(13-14-21)10-1-4-16-6-8-19-9-7-16/h1-2,4-9,15H,3,10-14H2/b4-1+. The van der Waals surface area contributed by atoms with E-state index in [0.29, 0.717) is 0 Å². The van der Waals surface area contributed by atoms with Gasteiger partial charge in [0.15, 0.2) is 0 Å². The van der Waals surface area contributed by atoms with Crippen molar-refractivity contribution in [2.75, 3.05) is 32.7 Å². The van der Waals surface area contributed by atoms with Gasteiger partial charge in [-0.25, -0.2) is 0 Å². The summed E-state index contributed by atoms with van der Waals surface area (Å²) in [6, 6.07) is 7.85. The van der Waals surface area contributed by atoms with E-state index in [1.807, 2.05) is 34.5 Å². The van der Waals surface area contributed by atoms with Crippen LogP contribution in [0.1, 0.15) is 21.7 Å². The highest BCUT2D eigenvalue weighted by Crippen LogP contribution is 2.14. The Kier molecular flexibility index (Phi) is 5.56. The first-order chi connectivity index (χ1) is 11.3. The summed E-state index contributed by atoms with van der Waals surface area (Å²) < 4.78 is 0. The number of amides is 1. The maximum absolute atomic E-state index is 12.4. The average molecular weight is 327 g/mol. The summed E-state index contributed by atoms with van der Waals surface area (Å²) in [6.45, 7) is 4.54. The van der Waals surface area contributed by atoms with Crippen molar-refractivity contribution in [2.45, 2.75) is 6.42 Å². The molecule has 0 aromatic carbocycles. The zero-order chi connectivity index (χ0) is 15.9. The minimum Gasteiger partial charge on any atom is -0.337 e. The van der Waals surface area contributed by atoms with Gasteiger partial charge in [0.05, 0.1) is 4.88 Å². The van der Waals surface area contributed by atoms with Crippen LogP contribution in [0.5, 0.6) is 0 Å². The molecule has 5 heteroatoms. The van der Waals surface area contributed by atoms with Gasteiger partial charge < -0.3 is 4.90 Å². The Morgan fingerprint density at radius 3 is 2.83 bits per heavy atom. The van der Waals surface area contributed by atoms with E-state index in [0.717, 1.165) is 44.0 Å². The van der Waals surface area contributed by atoms with Gasteiger partial charge in [0.1, 0.15) is 0 Å².